The fraction of sp³-hybridized carbons (Fsp3) is 0.435. The zero-order valence-electron chi connectivity index (χ0n) is 15.7. The van der Waals surface area contributed by atoms with Crippen molar-refractivity contribution in [3.05, 3.63) is 65.7 Å². The van der Waals surface area contributed by atoms with E-state index in [1.807, 2.05) is 54.6 Å². The monoisotopic (exact) mass is 351 g/mol. The highest BCUT2D eigenvalue weighted by Gasteiger charge is 2.48. The van der Waals surface area contributed by atoms with Crippen LogP contribution in [-0.2, 0) is 16.9 Å². The van der Waals surface area contributed by atoms with Crippen LogP contribution in [0.15, 0.2) is 54.6 Å². The van der Waals surface area contributed by atoms with Gasteiger partial charge in [-0.25, -0.2) is 0 Å². The Labute approximate surface area is 156 Å². The molecule has 0 spiro atoms. The molecule has 1 heterocycles. The van der Waals surface area contributed by atoms with Crippen LogP contribution in [0.4, 0.5) is 5.69 Å². The maximum Gasteiger partial charge on any atom is 0.263 e. The summed E-state index contributed by atoms with van der Waals surface area (Å²) >= 11 is 0. The van der Waals surface area contributed by atoms with Crippen LogP contribution in [0.1, 0.15) is 63.0 Å². The van der Waals surface area contributed by atoms with Gasteiger partial charge in [0.05, 0.1) is 12.2 Å². The van der Waals surface area contributed by atoms with Crippen molar-refractivity contribution in [2.75, 3.05) is 4.90 Å². The number of fused-ring (bicyclic) bond motifs is 1. The van der Waals surface area contributed by atoms with Gasteiger partial charge in [0.2, 0.25) is 0 Å². The second kappa shape index (κ2) is 8.50. The first kappa shape index (κ1) is 18.7. The number of carbonyl (C=O) groups is 1. The van der Waals surface area contributed by atoms with Gasteiger partial charge >= 0.3 is 0 Å². The summed E-state index contributed by atoms with van der Waals surface area (Å²) < 4.78 is 0. The van der Waals surface area contributed by atoms with Crippen molar-refractivity contribution in [1.29, 1.82) is 0 Å². The molecular weight excluding hydrogens is 322 g/mol. The molecule has 1 amide bonds. The van der Waals surface area contributed by atoms with Crippen molar-refractivity contribution < 1.29 is 9.90 Å². The first-order valence-corrected chi connectivity index (χ1v) is 9.84. The standard InChI is InChI=1S/C23H29NO2/c1-2-3-4-5-6-12-17-23(26)20-15-10-11-16-21(20)24(22(23)25)18-19-13-8-7-9-14-19/h7-11,13-16,26H,2-6,12,17-18H2,1H3. The molecule has 0 radical (unpaired) electrons. The summed E-state index contributed by atoms with van der Waals surface area (Å²) in [5, 5.41) is 11.3. The SMILES string of the molecule is CCCCCCCCC1(O)C(=O)N(Cc2ccccc2)c2ccccc21. The van der Waals surface area contributed by atoms with E-state index in [-0.39, 0.29) is 5.91 Å². The Morgan fingerprint density at radius 1 is 0.885 bits per heavy atom. The second-order valence-electron chi connectivity index (χ2n) is 7.27. The molecule has 138 valence electrons. The number of nitrogens with zero attached hydrogens (tertiary/aromatic N) is 1. The van der Waals surface area contributed by atoms with Gasteiger partial charge in [-0.3, -0.25) is 4.79 Å². The minimum atomic E-state index is -1.38. The van der Waals surface area contributed by atoms with Crippen LogP contribution in [0.5, 0.6) is 0 Å². The van der Waals surface area contributed by atoms with E-state index in [1.54, 1.807) is 4.90 Å². The highest BCUT2D eigenvalue weighted by molar-refractivity contribution is 6.06. The van der Waals surface area contributed by atoms with E-state index in [4.69, 9.17) is 0 Å². The van der Waals surface area contributed by atoms with Gasteiger partial charge in [0.25, 0.3) is 5.91 Å². The second-order valence-corrected chi connectivity index (χ2v) is 7.27. The minimum absolute atomic E-state index is 0.184. The lowest BCUT2D eigenvalue weighted by Gasteiger charge is -2.23. The first-order valence-electron chi connectivity index (χ1n) is 9.84. The fourth-order valence-electron chi connectivity index (χ4n) is 3.83. The van der Waals surface area contributed by atoms with Crippen molar-refractivity contribution in [2.45, 2.75) is 64.0 Å². The van der Waals surface area contributed by atoms with Crippen LogP contribution < -0.4 is 4.90 Å². The van der Waals surface area contributed by atoms with E-state index < -0.39 is 5.60 Å². The molecule has 3 rings (SSSR count). The predicted octanol–water partition coefficient (Wildman–Crippen LogP) is 5.17. The molecule has 2 aromatic rings. The molecular formula is C23H29NO2. The van der Waals surface area contributed by atoms with Gasteiger partial charge in [0.15, 0.2) is 5.60 Å². The number of rotatable bonds is 9. The number of para-hydroxylation sites is 1. The smallest absolute Gasteiger partial charge is 0.263 e. The number of amides is 1. The number of unbranched alkanes of at least 4 members (excludes halogenated alkanes) is 5. The number of aliphatic hydroxyl groups is 1. The predicted molar refractivity (Wildman–Crippen MR) is 106 cm³/mol. The minimum Gasteiger partial charge on any atom is -0.375 e. The third-order valence-corrected chi connectivity index (χ3v) is 5.32. The van der Waals surface area contributed by atoms with Gasteiger partial charge in [-0.1, -0.05) is 87.6 Å². The average molecular weight is 351 g/mol. The van der Waals surface area contributed by atoms with Crippen LogP contribution in [-0.4, -0.2) is 11.0 Å². The summed E-state index contributed by atoms with van der Waals surface area (Å²) in [6.45, 7) is 2.70. The molecule has 0 bridgehead atoms. The highest BCUT2D eigenvalue weighted by Crippen LogP contribution is 2.43. The number of hydrogen-bond donors (Lipinski definition) is 1. The molecule has 0 aliphatic carbocycles. The lowest BCUT2D eigenvalue weighted by Crippen LogP contribution is -2.40. The quantitative estimate of drug-likeness (QED) is 0.633. The molecule has 0 saturated carbocycles. The topological polar surface area (TPSA) is 40.5 Å². The van der Waals surface area contributed by atoms with Crippen molar-refractivity contribution in [2.24, 2.45) is 0 Å². The number of hydrogen-bond acceptors (Lipinski definition) is 2. The number of benzene rings is 2. The molecule has 3 nitrogen and oxygen atoms in total. The van der Waals surface area contributed by atoms with Crippen LogP contribution in [0.2, 0.25) is 0 Å². The summed E-state index contributed by atoms with van der Waals surface area (Å²) in [5.74, 6) is -0.184. The molecule has 1 unspecified atom stereocenters. The summed E-state index contributed by atoms with van der Waals surface area (Å²) in [5.41, 5.74) is 1.29. The Hall–Kier alpha value is -2.13. The van der Waals surface area contributed by atoms with E-state index in [0.717, 1.165) is 29.7 Å². The van der Waals surface area contributed by atoms with Crippen molar-refractivity contribution in [3.8, 4) is 0 Å². The highest BCUT2D eigenvalue weighted by atomic mass is 16.3. The molecule has 2 aromatic carbocycles. The van der Waals surface area contributed by atoms with E-state index in [2.05, 4.69) is 6.92 Å². The molecule has 0 saturated heterocycles. The molecule has 1 atom stereocenters. The normalized spacial score (nSPS) is 19.0. The Balaban J connectivity index is 1.73. The van der Waals surface area contributed by atoms with Crippen molar-refractivity contribution in [1.82, 2.24) is 0 Å². The molecule has 1 aliphatic rings. The zero-order valence-corrected chi connectivity index (χ0v) is 15.7. The van der Waals surface area contributed by atoms with Gasteiger partial charge in [0, 0.05) is 5.56 Å². The number of anilines is 1. The molecule has 26 heavy (non-hydrogen) atoms. The lowest BCUT2D eigenvalue weighted by molar-refractivity contribution is -0.137. The Morgan fingerprint density at radius 3 is 2.31 bits per heavy atom. The Bertz CT molecular complexity index is 728. The van der Waals surface area contributed by atoms with E-state index in [9.17, 15) is 9.90 Å². The zero-order chi connectivity index (χ0) is 18.4. The van der Waals surface area contributed by atoms with E-state index in [1.165, 1.54) is 25.7 Å². The third kappa shape index (κ3) is 3.83. The maximum absolute atomic E-state index is 13.1. The number of carbonyl (C=O) groups excluding carboxylic acids is 1. The molecule has 3 heteroatoms. The largest absolute Gasteiger partial charge is 0.375 e. The van der Waals surface area contributed by atoms with Gasteiger partial charge in [-0.2, -0.15) is 0 Å². The average Bonchev–Trinajstić information content (AvgIpc) is 2.88. The van der Waals surface area contributed by atoms with Gasteiger partial charge < -0.3 is 10.0 Å². The molecule has 0 fully saturated rings. The third-order valence-electron chi connectivity index (χ3n) is 5.32. The van der Waals surface area contributed by atoms with E-state index in [0.29, 0.717) is 13.0 Å². The summed E-state index contributed by atoms with van der Waals surface area (Å²) in [4.78, 5) is 14.9. The van der Waals surface area contributed by atoms with Crippen LogP contribution in [0.3, 0.4) is 0 Å². The Kier molecular flexibility index (Phi) is 6.10. The van der Waals surface area contributed by atoms with Crippen molar-refractivity contribution in [3.63, 3.8) is 0 Å². The Morgan fingerprint density at radius 2 is 1.54 bits per heavy atom. The van der Waals surface area contributed by atoms with Gasteiger partial charge in [-0.05, 0) is 24.5 Å². The summed E-state index contributed by atoms with van der Waals surface area (Å²) in [7, 11) is 0. The van der Waals surface area contributed by atoms with E-state index >= 15 is 0 Å². The maximum atomic E-state index is 13.1. The summed E-state index contributed by atoms with van der Waals surface area (Å²) in [6.07, 6.45) is 7.34. The fourth-order valence-corrected chi connectivity index (χ4v) is 3.83. The lowest BCUT2D eigenvalue weighted by atomic mass is 9.89. The molecule has 1 N–H and O–H groups in total. The van der Waals surface area contributed by atoms with Crippen LogP contribution in [0, 0.1) is 0 Å². The van der Waals surface area contributed by atoms with Crippen LogP contribution in [0.25, 0.3) is 0 Å². The van der Waals surface area contributed by atoms with Crippen molar-refractivity contribution >= 4 is 11.6 Å². The molecule has 1 aliphatic heterocycles. The summed E-state index contributed by atoms with van der Waals surface area (Å²) in [6, 6.07) is 17.6. The van der Waals surface area contributed by atoms with Crippen LogP contribution >= 0.6 is 0 Å². The first-order chi connectivity index (χ1) is 12.7. The van der Waals surface area contributed by atoms with Gasteiger partial charge in [-0.15, -0.1) is 0 Å². The van der Waals surface area contributed by atoms with Gasteiger partial charge in [0.1, 0.15) is 0 Å². The molecule has 0 aromatic heterocycles.